The van der Waals surface area contributed by atoms with Gasteiger partial charge in [-0.3, -0.25) is 9.59 Å². The molecule has 0 N–H and O–H groups in total. The van der Waals surface area contributed by atoms with Crippen molar-refractivity contribution in [3.8, 4) is 5.75 Å². The molecular weight excluding hydrogens is 304 g/mol. The van der Waals surface area contributed by atoms with Crippen molar-refractivity contribution in [2.45, 2.75) is 37.8 Å². The number of hydrogen-bond acceptors (Lipinski definition) is 3. The van der Waals surface area contributed by atoms with Crippen LogP contribution in [0.5, 0.6) is 5.75 Å². The molecule has 2 saturated heterocycles. The molecule has 2 fully saturated rings. The van der Waals surface area contributed by atoms with Crippen LogP contribution in [0.1, 0.15) is 25.7 Å². The van der Waals surface area contributed by atoms with Gasteiger partial charge in [0.25, 0.3) is 0 Å². The van der Waals surface area contributed by atoms with Gasteiger partial charge in [0.2, 0.25) is 11.8 Å². The Morgan fingerprint density at radius 2 is 2.00 bits per heavy atom. The highest BCUT2D eigenvalue weighted by atomic mass is 16.5. The summed E-state index contributed by atoms with van der Waals surface area (Å²) in [6, 6.07) is 7.99. The van der Waals surface area contributed by atoms with Crippen molar-refractivity contribution in [3.63, 3.8) is 0 Å². The number of anilines is 1. The van der Waals surface area contributed by atoms with Crippen molar-refractivity contribution in [1.29, 1.82) is 0 Å². The summed E-state index contributed by atoms with van der Waals surface area (Å²) in [5, 5.41) is 0. The molecule has 0 aliphatic carbocycles. The number of methoxy groups -OCH3 is 1. The van der Waals surface area contributed by atoms with Crippen LogP contribution in [0.2, 0.25) is 0 Å². The summed E-state index contributed by atoms with van der Waals surface area (Å²) in [6.45, 7) is 0.476. The average molecular weight is 326 g/mol. The monoisotopic (exact) mass is 326 g/mol. The summed E-state index contributed by atoms with van der Waals surface area (Å²) in [6.07, 6.45) is 7.73. The van der Waals surface area contributed by atoms with Crippen LogP contribution >= 0.6 is 0 Å². The molecule has 1 aromatic carbocycles. The minimum Gasteiger partial charge on any atom is -0.497 e. The van der Waals surface area contributed by atoms with Gasteiger partial charge in [0.15, 0.2) is 0 Å². The molecule has 3 atom stereocenters. The minimum absolute atomic E-state index is 0.0263. The first-order valence-electron chi connectivity index (χ1n) is 8.60. The Morgan fingerprint density at radius 3 is 2.71 bits per heavy atom. The maximum Gasteiger partial charge on any atom is 0.228 e. The molecule has 1 aromatic rings. The van der Waals surface area contributed by atoms with Crippen LogP contribution in [-0.4, -0.2) is 42.5 Å². The Morgan fingerprint density at radius 1 is 1.21 bits per heavy atom. The predicted octanol–water partition coefficient (Wildman–Crippen LogP) is 2.37. The molecule has 0 spiro atoms. The highest BCUT2D eigenvalue weighted by Crippen LogP contribution is 2.35. The number of amides is 2. The van der Waals surface area contributed by atoms with Gasteiger partial charge in [0.05, 0.1) is 19.1 Å². The van der Waals surface area contributed by atoms with Crippen molar-refractivity contribution >= 4 is 17.5 Å². The number of hydrogen-bond donors (Lipinski definition) is 0. The van der Waals surface area contributed by atoms with Crippen LogP contribution in [0.3, 0.4) is 0 Å². The van der Waals surface area contributed by atoms with Crippen LogP contribution in [0.25, 0.3) is 0 Å². The Labute approximate surface area is 141 Å². The lowest BCUT2D eigenvalue weighted by molar-refractivity contribution is -0.138. The molecule has 0 aromatic heterocycles. The smallest absolute Gasteiger partial charge is 0.228 e. The summed E-state index contributed by atoms with van der Waals surface area (Å²) < 4.78 is 5.16. The summed E-state index contributed by atoms with van der Waals surface area (Å²) in [5.41, 5.74) is 0.831. The van der Waals surface area contributed by atoms with Gasteiger partial charge in [-0.25, -0.2) is 0 Å². The molecule has 3 aliphatic heterocycles. The van der Waals surface area contributed by atoms with E-state index in [9.17, 15) is 9.59 Å². The van der Waals surface area contributed by atoms with Crippen LogP contribution in [0.4, 0.5) is 5.69 Å². The van der Waals surface area contributed by atoms with E-state index in [0.29, 0.717) is 19.0 Å². The topological polar surface area (TPSA) is 49.9 Å². The Hall–Kier alpha value is -2.30. The first-order chi connectivity index (χ1) is 11.7. The lowest BCUT2D eigenvalue weighted by Gasteiger charge is -2.33. The van der Waals surface area contributed by atoms with Gasteiger partial charge in [-0.15, -0.1) is 0 Å². The Bertz CT molecular complexity index is 682. The number of carbonyl (C=O) groups is 2. The van der Waals surface area contributed by atoms with Crippen molar-refractivity contribution < 1.29 is 14.3 Å². The van der Waals surface area contributed by atoms with Crippen LogP contribution in [-0.2, 0) is 9.59 Å². The van der Waals surface area contributed by atoms with Gasteiger partial charge in [-0.1, -0.05) is 12.2 Å². The zero-order chi connectivity index (χ0) is 16.7. The predicted molar refractivity (Wildman–Crippen MR) is 90.9 cm³/mol. The lowest BCUT2D eigenvalue weighted by atomic mass is 10.0. The van der Waals surface area contributed by atoms with Crippen molar-refractivity contribution in [3.05, 3.63) is 36.4 Å². The maximum absolute atomic E-state index is 13.0. The number of carbonyl (C=O) groups excluding carboxylic acids is 2. The van der Waals surface area contributed by atoms with E-state index >= 15 is 0 Å². The molecule has 24 heavy (non-hydrogen) atoms. The highest BCUT2D eigenvalue weighted by molar-refractivity contribution is 6.00. The fraction of sp³-hybridized carbons (Fsp3) is 0.474. The second-order valence-corrected chi connectivity index (χ2v) is 6.81. The number of rotatable bonds is 3. The highest BCUT2D eigenvalue weighted by Gasteiger charge is 2.43. The molecule has 126 valence electrons. The molecule has 0 unspecified atom stereocenters. The number of nitrogens with zero attached hydrogens (tertiary/aromatic N) is 2. The normalized spacial score (nSPS) is 28.5. The lowest BCUT2D eigenvalue weighted by Crippen LogP contribution is -2.45. The third-order valence-corrected chi connectivity index (χ3v) is 5.43. The average Bonchev–Trinajstić information content (AvgIpc) is 3.11. The van der Waals surface area contributed by atoms with Crippen molar-refractivity contribution in [2.75, 3.05) is 18.6 Å². The second-order valence-electron chi connectivity index (χ2n) is 6.81. The van der Waals surface area contributed by atoms with Crippen molar-refractivity contribution in [2.24, 2.45) is 5.92 Å². The fourth-order valence-electron chi connectivity index (χ4n) is 4.16. The van der Waals surface area contributed by atoms with E-state index in [1.807, 2.05) is 29.2 Å². The molecule has 3 aliphatic rings. The molecule has 3 heterocycles. The summed E-state index contributed by atoms with van der Waals surface area (Å²) >= 11 is 0. The summed E-state index contributed by atoms with van der Waals surface area (Å²) in [7, 11) is 1.62. The summed E-state index contributed by atoms with van der Waals surface area (Å²) in [4.78, 5) is 29.2. The van der Waals surface area contributed by atoms with E-state index in [2.05, 4.69) is 12.2 Å². The van der Waals surface area contributed by atoms with Crippen LogP contribution in [0.15, 0.2) is 36.4 Å². The number of ether oxygens (including phenoxy) is 1. The van der Waals surface area contributed by atoms with E-state index in [1.165, 1.54) is 0 Å². The molecule has 0 saturated carbocycles. The van der Waals surface area contributed by atoms with Gasteiger partial charge in [0, 0.05) is 24.7 Å². The molecule has 5 heteroatoms. The molecular formula is C19H22N2O3. The van der Waals surface area contributed by atoms with Crippen LogP contribution in [0, 0.1) is 5.92 Å². The van der Waals surface area contributed by atoms with E-state index in [-0.39, 0.29) is 23.8 Å². The van der Waals surface area contributed by atoms with Gasteiger partial charge in [-0.2, -0.15) is 0 Å². The standard InChI is InChI=1S/C19H22N2O3/c1-24-17-9-7-14(8-10-17)20-12-13(11-18(20)22)19(23)21-15-3-2-4-16(21)6-5-15/h2-3,7-10,13,15-16H,4-6,11-12H2,1H3/t13-,15-,16-/m0/s1. The third kappa shape index (κ3) is 2.48. The molecule has 2 amide bonds. The van der Waals surface area contributed by atoms with Crippen molar-refractivity contribution in [1.82, 2.24) is 4.90 Å². The molecule has 0 radical (unpaired) electrons. The fourth-order valence-corrected chi connectivity index (χ4v) is 4.16. The van der Waals surface area contributed by atoms with Crippen LogP contribution < -0.4 is 9.64 Å². The summed E-state index contributed by atoms with van der Waals surface area (Å²) in [5.74, 6) is 0.707. The Balaban J connectivity index is 1.49. The second kappa shape index (κ2) is 5.96. The first kappa shape index (κ1) is 15.2. The SMILES string of the molecule is COc1ccc(N2C[C@@H](C(=O)N3[C@H]4CC=C[C@H]3CC4)CC2=O)cc1. The maximum atomic E-state index is 13.0. The molecule has 5 nitrogen and oxygen atoms in total. The first-order valence-corrected chi connectivity index (χ1v) is 8.60. The zero-order valence-electron chi connectivity index (χ0n) is 13.9. The van der Waals surface area contributed by atoms with E-state index < -0.39 is 0 Å². The Kier molecular flexibility index (Phi) is 3.79. The van der Waals surface area contributed by atoms with E-state index in [4.69, 9.17) is 4.74 Å². The molecule has 2 bridgehead atoms. The van der Waals surface area contributed by atoms with Gasteiger partial charge < -0.3 is 14.5 Å². The minimum atomic E-state index is -0.228. The largest absolute Gasteiger partial charge is 0.497 e. The van der Waals surface area contributed by atoms with Gasteiger partial charge in [0.1, 0.15) is 5.75 Å². The third-order valence-electron chi connectivity index (χ3n) is 5.43. The quantitative estimate of drug-likeness (QED) is 0.801. The van der Waals surface area contributed by atoms with Gasteiger partial charge in [-0.05, 0) is 43.5 Å². The zero-order valence-corrected chi connectivity index (χ0v) is 13.9. The van der Waals surface area contributed by atoms with E-state index in [0.717, 1.165) is 30.7 Å². The van der Waals surface area contributed by atoms with Gasteiger partial charge >= 0.3 is 0 Å². The number of fused-ring (bicyclic) bond motifs is 2. The number of benzene rings is 1. The van der Waals surface area contributed by atoms with E-state index in [1.54, 1.807) is 12.0 Å². The molecule has 4 rings (SSSR count).